The molecule has 5 nitrogen and oxygen atoms in total. The number of sulfonamides is 1. The second kappa shape index (κ2) is 5.76. The van der Waals surface area contributed by atoms with Gasteiger partial charge in [0.15, 0.2) is 0 Å². The van der Waals surface area contributed by atoms with Crippen molar-refractivity contribution in [2.45, 2.75) is 30.2 Å². The zero-order valence-electron chi connectivity index (χ0n) is 11.4. The van der Waals surface area contributed by atoms with Crippen molar-refractivity contribution < 1.29 is 8.42 Å². The number of hydrazine groups is 1. The minimum atomic E-state index is -3.61. The molecule has 1 aliphatic rings. The molecule has 21 heavy (non-hydrogen) atoms. The Morgan fingerprint density at radius 3 is 2.86 bits per heavy atom. The summed E-state index contributed by atoms with van der Waals surface area (Å²) in [5.41, 5.74) is 3.94. The van der Waals surface area contributed by atoms with Gasteiger partial charge in [-0.15, -0.1) is 11.3 Å². The number of hydrogen-bond acceptors (Lipinski definition) is 5. The smallest absolute Gasteiger partial charge is 0.243 e. The third-order valence-electron chi connectivity index (χ3n) is 3.68. The Kier molecular flexibility index (Phi) is 3.99. The number of nitrogens with one attached hydrogen (secondary N) is 2. The molecular formula is C14H17N3O2S2. The summed E-state index contributed by atoms with van der Waals surface area (Å²) in [5, 5.41) is 2.02. The number of rotatable bonds is 4. The minimum absolute atomic E-state index is 0.157. The Bertz CT molecular complexity index is 740. The van der Waals surface area contributed by atoms with Gasteiger partial charge in [0.25, 0.3) is 0 Å². The summed E-state index contributed by atoms with van der Waals surface area (Å²) in [6.07, 6.45) is 2.85. The highest BCUT2D eigenvalue weighted by Gasteiger charge is 2.27. The second-order valence-corrected chi connectivity index (χ2v) is 7.69. The van der Waals surface area contributed by atoms with E-state index in [1.165, 1.54) is 4.88 Å². The van der Waals surface area contributed by atoms with E-state index >= 15 is 0 Å². The fraction of sp³-hybridized carbons (Fsp3) is 0.286. The lowest BCUT2D eigenvalue weighted by Gasteiger charge is -2.24. The highest BCUT2D eigenvalue weighted by molar-refractivity contribution is 7.89. The van der Waals surface area contributed by atoms with Crippen molar-refractivity contribution in [3.63, 3.8) is 0 Å². The van der Waals surface area contributed by atoms with Crippen LogP contribution < -0.4 is 16.0 Å². The van der Waals surface area contributed by atoms with Gasteiger partial charge in [0, 0.05) is 10.9 Å². The lowest BCUT2D eigenvalue weighted by Crippen LogP contribution is -2.31. The zero-order chi connectivity index (χ0) is 14.9. The lowest BCUT2D eigenvalue weighted by atomic mass is 9.95. The summed E-state index contributed by atoms with van der Waals surface area (Å²) < 4.78 is 28.0. The third-order valence-corrected chi connectivity index (χ3v) is 6.21. The summed E-state index contributed by atoms with van der Waals surface area (Å²) in [4.78, 5) is 1.45. The molecular weight excluding hydrogens is 306 g/mol. The third kappa shape index (κ3) is 2.82. The van der Waals surface area contributed by atoms with Gasteiger partial charge < -0.3 is 5.43 Å². The monoisotopic (exact) mass is 323 g/mol. The molecule has 4 N–H and O–H groups in total. The topological polar surface area (TPSA) is 84.2 Å². The first-order chi connectivity index (χ1) is 10.1. The number of thiophene rings is 1. The first-order valence-electron chi connectivity index (χ1n) is 6.76. The van der Waals surface area contributed by atoms with Crippen LogP contribution in [0.2, 0.25) is 0 Å². The normalized spacial score (nSPS) is 18.2. The van der Waals surface area contributed by atoms with Crippen LogP contribution in [0.4, 0.5) is 5.69 Å². The van der Waals surface area contributed by atoms with Crippen LogP contribution in [0.1, 0.15) is 29.3 Å². The maximum Gasteiger partial charge on any atom is 0.243 e. The van der Waals surface area contributed by atoms with E-state index in [0.717, 1.165) is 24.8 Å². The lowest BCUT2D eigenvalue weighted by molar-refractivity contribution is 0.511. The predicted molar refractivity (Wildman–Crippen MR) is 84.6 cm³/mol. The van der Waals surface area contributed by atoms with Gasteiger partial charge in [-0.1, -0.05) is 12.1 Å². The van der Waals surface area contributed by atoms with E-state index in [4.69, 9.17) is 5.84 Å². The Labute approximate surface area is 128 Å². The van der Waals surface area contributed by atoms with Crippen LogP contribution in [0.5, 0.6) is 0 Å². The molecule has 0 bridgehead atoms. The molecule has 1 aliphatic carbocycles. The number of nitrogen functional groups attached to an aromatic ring is 1. The van der Waals surface area contributed by atoms with Gasteiger partial charge in [0.1, 0.15) is 4.90 Å². The first-order valence-corrected chi connectivity index (χ1v) is 9.12. The van der Waals surface area contributed by atoms with Gasteiger partial charge in [0.05, 0.1) is 5.69 Å². The Morgan fingerprint density at radius 2 is 2.05 bits per heavy atom. The summed E-state index contributed by atoms with van der Waals surface area (Å²) >= 11 is 1.69. The quantitative estimate of drug-likeness (QED) is 0.596. The molecule has 0 aliphatic heterocycles. The molecule has 3 rings (SSSR count). The zero-order valence-corrected chi connectivity index (χ0v) is 13.0. The van der Waals surface area contributed by atoms with Crippen LogP contribution >= 0.6 is 11.3 Å². The molecule has 1 heterocycles. The van der Waals surface area contributed by atoms with Crippen molar-refractivity contribution in [2.75, 3.05) is 5.43 Å². The number of hydrogen-bond donors (Lipinski definition) is 3. The molecule has 0 amide bonds. The van der Waals surface area contributed by atoms with E-state index in [1.807, 2.05) is 11.4 Å². The number of benzene rings is 1. The van der Waals surface area contributed by atoms with E-state index in [9.17, 15) is 8.42 Å². The molecule has 0 fully saturated rings. The van der Waals surface area contributed by atoms with Crippen LogP contribution in [0.25, 0.3) is 0 Å². The molecule has 0 radical (unpaired) electrons. The summed E-state index contributed by atoms with van der Waals surface area (Å²) in [6, 6.07) is 8.48. The van der Waals surface area contributed by atoms with Crippen LogP contribution in [0.15, 0.2) is 40.6 Å². The van der Waals surface area contributed by atoms with Gasteiger partial charge in [-0.25, -0.2) is 13.1 Å². The van der Waals surface area contributed by atoms with Crippen LogP contribution in [0, 0.1) is 0 Å². The van der Waals surface area contributed by atoms with Gasteiger partial charge >= 0.3 is 0 Å². The van der Waals surface area contributed by atoms with Crippen molar-refractivity contribution in [3.8, 4) is 0 Å². The van der Waals surface area contributed by atoms with Crippen molar-refractivity contribution >= 4 is 27.0 Å². The van der Waals surface area contributed by atoms with E-state index in [-0.39, 0.29) is 10.9 Å². The maximum atomic E-state index is 12.6. The van der Waals surface area contributed by atoms with Crippen LogP contribution in [-0.2, 0) is 16.4 Å². The highest BCUT2D eigenvalue weighted by atomic mass is 32.2. The Morgan fingerprint density at radius 1 is 1.24 bits per heavy atom. The number of para-hydroxylation sites is 1. The molecule has 1 aromatic heterocycles. The highest BCUT2D eigenvalue weighted by Crippen LogP contribution is 2.34. The predicted octanol–water partition coefficient (Wildman–Crippen LogP) is 2.39. The number of fused-ring (bicyclic) bond motifs is 1. The summed E-state index contributed by atoms with van der Waals surface area (Å²) in [5.74, 6) is 5.40. The molecule has 112 valence electrons. The SMILES string of the molecule is NNc1ccccc1S(=O)(=O)NC1CCCc2sccc21. The molecule has 1 unspecified atom stereocenters. The largest absolute Gasteiger partial charge is 0.323 e. The van der Waals surface area contributed by atoms with Crippen molar-refractivity contribution in [1.29, 1.82) is 0 Å². The van der Waals surface area contributed by atoms with Crippen molar-refractivity contribution in [2.24, 2.45) is 5.84 Å². The van der Waals surface area contributed by atoms with Crippen LogP contribution in [-0.4, -0.2) is 8.42 Å². The fourth-order valence-electron chi connectivity index (χ4n) is 2.68. The van der Waals surface area contributed by atoms with E-state index in [0.29, 0.717) is 5.69 Å². The number of aryl methyl sites for hydroxylation is 1. The van der Waals surface area contributed by atoms with Gasteiger partial charge in [-0.05, 0) is 48.4 Å². The summed E-state index contributed by atoms with van der Waals surface area (Å²) in [7, 11) is -3.61. The molecule has 0 spiro atoms. The van der Waals surface area contributed by atoms with Crippen LogP contribution in [0.3, 0.4) is 0 Å². The van der Waals surface area contributed by atoms with Crippen molar-refractivity contribution in [1.82, 2.24) is 4.72 Å². The molecule has 1 atom stereocenters. The standard InChI is InChI=1S/C14H17N3O2S2/c15-16-12-4-1-2-7-14(12)21(18,19)17-11-5-3-6-13-10(11)8-9-20-13/h1-2,4,7-9,11,16-17H,3,5-6,15H2. The van der Waals surface area contributed by atoms with Crippen molar-refractivity contribution in [3.05, 3.63) is 46.2 Å². The first kappa shape index (κ1) is 14.5. The maximum absolute atomic E-state index is 12.6. The van der Waals surface area contributed by atoms with Gasteiger partial charge in [0.2, 0.25) is 10.0 Å². The molecule has 0 saturated heterocycles. The summed E-state index contributed by atoms with van der Waals surface area (Å²) in [6.45, 7) is 0. The van der Waals surface area contributed by atoms with Gasteiger partial charge in [-0.2, -0.15) is 0 Å². The number of anilines is 1. The molecule has 1 aromatic carbocycles. The van der Waals surface area contributed by atoms with E-state index in [2.05, 4.69) is 10.1 Å². The van der Waals surface area contributed by atoms with E-state index < -0.39 is 10.0 Å². The minimum Gasteiger partial charge on any atom is -0.323 e. The van der Waals surface area contributed by atoms with E-state index in [1.54, 1.807) is 35.6 Å². The van der Waals surface area contributed by atoms with Gasteiger partial charge in [-0.3, -0.25) is 5.84 Å². The fourth-order valence-corrected chi connectivity index (χ4v) is 5.09. The second-order valence-electron chi connectivity index (χ2n) is 5.01. The molecule has 0 saturated carbocycles. The average Bonchev–Trinajstić information content (AvgIpc) is 2.96. The average molecular weight is 323 g/mol. The Hall–Kier alpha value is -1.41. The molecule has 2 aromatic rings. The Balaban J connectivity index is 1.91. The number of nitrogens with two attached hydrogens (primary N) is 1. The molecule has 7 heteroatoms.